The lowest BCUT2D eigenvalue weighted by Gasteiger charge is -2.43. The molecule has 0 bridgehead atoms. The minimum Gasteiger partial charge on any atom is -0.407 e. The first-order chi connectivity index (χ1) is 13.0. The molecule has 0 aliphatic heterocycles. The van der Waals surface area contributed by atoms with Gasteiger partial charge in [-0.25, -0.2) is 0 Å². The Bertz CT molecular complexity index is 784. The van der Waals surface area contributed by atoms with Gasteiger partial charge in [0.2, 0.25) is 0 Å². The van der Waals surface area contributed by atoms with Crippen LogP contribution in [-0.4, -0.2) is 21.0 Å². The molecular weight excluding hydrogens is 350 g/mol. The van der Waals surface area contributed by atoms with Gasteiger partial charge < -0.3 is 4.43 Å². The molecule has 0 spiro atoms. The summed E-state index contributed by atoms with van der Waals surface area (Å²) in [6.07, 6.45) is 4.96. The maximum absolute atomic E-state index is 8.68. The molecule has 27 heavy (non-hydrogen) atoms. The molecule has 1 aliphatic carbocycles. The topological polar surface area (TPSA) is 58.0 Å². The third-order valence-corrected chi connectivity index (χ3v) is 10.3. The van der Waals surface area contributed by atoms with Gasteiger partial charge in [-0.15, -0.1) is 0 Å². The van der Waals surface area contributed by atoms with Crippen LogP contribution in [0.5, 0.6) is 0 Å². The fourth-order valence-electron chi connectivity index (χ4n) is 4.02. The fourth-order valence-corrected chi connectivity index (χ4v) is 8.64. The van der Waals surface area contributed by atoms with E-state index in [2.05, 4.69) is 97.5 Å². The lowest BCUT2D eigenvalue weighted by Crippen LogP contribution is -2.66. The summed E-state index contributed by atoms with van der Waals surface area (Å²) in [5.74, 6) is 0.280. The van der Waals surface area contributed by atoms with Gasteiger partial charge in [-0.2, -0.15) is 0 Å². The predicted molar refractivity (Wildman–Crippen MR) is 114 cm³/mol. The van der Waals surface area contributed by atoms with Crippen LogP contribution in [0.3, 0.4) is 0 Å². The van der Waals surface area contributed by atoms with E-state index < -0.39 is 8.32 Å². The zero-order valence-corrected chi connectivity index (χ0v) is 17.2. The van der Waals surface area contributed by atoms with Crippen molar-refractivity contribution in [3.8, 4) is 0 Å². The molecule has 0 N–H and O–H groups in total. The first-order valence-electron chi connectivity index (χ1n) is 9.45. The van der Waals surface area contributed by atoms with Gasteiger partial charge in [0.05, 0.1) is 6.04 Å². The molecule has 0 saturated heterocycles. The second-order valence-electron chi connectivity index (χ2n) is 8.13. The number of rotatable bonds is 6. The number of nitrogens with zero attached hydrogens (tertiary/aromatic N) is 3. The van der Waals surface area contributed by atoms with Gasteiger partial charge in [0.1, 0.15) is 0 Å². The molecule has 0 amide bonds. The molecule has 0 radical (unpaired) electrons. The van der Waals surface area contributed by atoms with Crippen molar-refractivity contribution in [1.29, 1.82) is 0 Å². The summed E-state index contributed by atoms with van der Waals surface area (Å²) >= 11 is 0. The molecule has 2 atom stereocenters. The maximum atomic E-state index is 8.68. The summed E-state index contributed by atoms with van der Waals surface area (Å²) in [6, 6.07) is 21.3. The maximum Gasteiger partial charge on any atom is 0.261 e. The quantitative estimate of drug-likeness (QED) is 0.234. The molecule has 2 aromatic rings. The Balaban J connectivity index is 1.97. The standard InChI is InChI=1S/C22H27N3OSi/c1-22(2,3)27(20-10-6-4-7-11-20,21-12-8-5-9-13-21)26-17-18-14-15-19(16-18)24-25-23/h4-15,18-19H,16-17H2,1-3H3/t18-,19+/m1/s1. The lowest BCUT2D eigenvalue weighted by molar-refractivity contribution is 0.256. The van der Waals surface area contributed by atoms with Crippen molar-refractivity contribution < 1.29 is 4.43 Å². The Hall–Kier alpha value is -2.33. The van der Waals surface area contributed by atoms with Crippen molar-refractivity contribution in [3.05, 3.63) is 83.3 Å². The molecule has 0 heterocycles. The van der Waals surface area contributed by atoms with E-state index in [1.165, 1.54) is 10.4 Å². The van der Waals surface area contributed by atoms with Crippen molar-refractivity contribution in [3.63, 3.8) is 0 Å². The number of azide groups is 1. The van der Waals surface area contributed by atoms with Gasteiger partial charge in [0, 0.05) is 11.5 Å². The molecule has 0 saturated carbocycles. The van der Waals surface area contributed by atoms with Crippen LogP contribution in [0, 0.1) is 5.92 Å². The summed E-state index contributed by atoms with van der Waals surface area (Å²) in [4.78, 5) is 2.94. The third kappa shape index (κ3) is 4.01. The van der Waals surface area contributed by atoms with Crippen LogP contribution in [0.15, 0.2) is 77.9 Å². The zero-order valence-electron chi connectivity index (χ0n) is 16.2. The largest absolute Gasteiger partial charge is 0.407 e. The van der Waals surface area contributed by atoms with E-state index in [4.69, 9.17) is 9.96 Å². The average Bonchev–Trinajstić information content (AvgIpc) is 3.11. The van der Waals surface area contributed by atoms with Crippen molar-refractivity contribution in [1.82, 2.24) is 0 Å². The van der Waals surface area contributed by atoms with Crippen LogP contribution in [0.2, 0.25) is 5.04 Å². The Kier molecular flexibility index (Phi) is 5.85. The van der Waals surface area contributed by atoms with E-state index >= 15 is 0 Å². The summed E-state index contributed by atoms with van der Waals surface area (Å²) in [5, 5.41) is 6.39. The number of benzene rings is 2. The minimum atomic E-state index is -2.49. The normalized spacial score (nSPS) is 19.7. The Morgan fingerprint density at radius 3 is 2.04 bits per heavy atom. The third-order valence-electron chi connectivity index (χ3n) is 5.28. The molecule has 5 heteroatoms. The smallest absolute Gasteiger partial charge is 0.261 e. The summed E-state index contributed by atoms with van der Waals surface area (Å²) < 4.78 is 6.93. The monoisotopic (exact) mass is 377 g/mol. The zero-order chi connectivity index (χ0) is 19.3. The summed E-state index contributed by atoms with van der Waals surface area (Å²) in [6.45, 7) is 7.49. The van der Waals surface area contributed by atoms with Crippen LogP contribution >= 0.6 is 0 Å². The molecule has 0 aromatic heterocycles. The van der Waals surface area contributed by atoms with Gasteiger partial charge in [-0.05, 0) is 33.3 Å². The van der Waals surface area contributed by atoms with E-state index in [-0.39, 0.29) is 17.0 Å². The van der Waals surface area contributed by atoms with E-state index in [0.29, 0.717) is 6.61 Å². The van der Waals surface area contributed by atoms with Gasteiger partial charge in [0.15, 0.2) is 0 Å². The van der Waals surface area contributed by atoms with Crippen LogP contribution in [0.1, 0.15) is 27.2 Å². The molecule has 0 fully saturated rings. The lowest BCUT2D eigenvalue weighted by atomic mass is 10.1. The van der Waals surface area contributed by atoms with E-state index in [1.807, 2.05) is 6.08 Å². The molecule has 2 aromatic carbocycles. The van der Waals surface area contributed by atoms with Gasteiger partial charge >= 0.3 is 0 Å². The summed E-state index contributed by atoms with van der Waals surface area (Å²) in [7, 11) is -2.49. The van der Waals surface area contributed by atoms with Crippen molar-refractivity contribution >= 4 is 18.7 Å². The SMILES string of the molecule is CC(C)(C)[Si](OC[C@@H]1C=C[C@H](N=[N+]=[N-])C1)(c1ccccc1)c1ccccc1. The Morgan fingerprint density at radius 2 is 1.56 bits per heavy atom. The van der Waals surface area contributed by atoms with E-state index in [9.17, 15) is 0 Å². The van der Waals surface area contributed by atoms with Crippen LogP contribution in [-0.2, 0) is 4.43 Å². The molecule has 4 nitrogen and oxygen atoms in total. The van der Waals surface area contributed by atoms with Crippen molar-refractivity contribution in [2.45, 2.75) is 38.3 Å². The second-order valence-corrected chi connectivity index (χ2v) is 12.4. The highest BCUT2D eigenvalue weighted by atomic mass is 28.4. The highest BCUT2D eigenvalue weighted by Gasteiger charge is 2.50. The van der Waals surface area contributed by atoms with Gasteiger partial charge in [-0.1, -0.05) is 98.7 Å². The molecule has 1 aliphatic rings. The molecule has 0 unspecified atom stereocenters. The van der Waals surface area contributed by atoms with E-state index in [1.54, 1.807) is 0 Å². The highest BCUT2D eigenvalue weighted by Crippen LogP contribution is 2.37. The first-order valence-corrected chi connectivity index (χ1v) is 11.4. The fraction of sp³-hybridized carbons (Fsp3) is 0.364. The van der Waals surface area contributed by atoms with Crippen LogP contribution < -0.4 is 10.4 Å². The number of hydrogen-bond acceptors (Lipinski definition) is 2. The van der Waals surface area contributed by atoms with Crippen LogP contribution in [0.25, 0.3) is 10.4 Å². The molecule has 3 rings (SSSR count). The van der Waals surface area contributed by atoms with Gasteiger partial charge in [-0.3, -0.25) is 0 Å². The van der Waals surface area contributed by atoms with E-state index in [0.717, 1.165) is 6.42 Å². The number of hydrogen-bond donors (Lipinski definition) is 0. The second kappa shape index (κ2) is 8.13. The van der Waals surface area contributed by atoms with Crippen molar-refractivity contribution in [2.24, 2.45) is 11.0 Å². The predicted octanol–water partition coefficient (Wildman–Crippen LogP) is 4.82. The Morgan fingerprint density at radius 1 is 1.00 bits per heavy atom. The molecular formula is C22H27N3OSi. The average molecular weight is 378 g/mol. The highest BCUT2D eigenvalue weighted by molar-refractivity contribution is 6.99. The van der Waals surface area contributed by atoms with Crippen LogP contribution in [0.4, 0.5) is 0 Å². The Labute approximate surface area is 162 Å². The summed E-state index contributed by atoms with van der Waals surface area (Å²) in [5.41, 5.74) is 8.68. The van der Waals surface area contributed by atoms with Gasteiger partial charge in [0.25, 0.3) is 8.32 Å². The van der Waals surface area contributed by atoms with Crippen molar-refractivity contribution in [2.75, 3.05) is 6.61 Å². The first kappa shape index (κ1) is 19.4. The minimum absolute atomic E-state index is 0.0256. The molecule has 140 valence electrons.